The quantitative estimate of drug-likeness (QED) is 0.917. The van der Waals surface area contributed by atoms with Crippen molar-refractivity contribution in [1.82, 2.24) is 9.55 Å². The van der Waals surface area contributed by atoms with Gasteiger partial charge in [-0.25, -0.2) is 4.98 Å². The lowest BCUT2D eigenvalue weighted by molar-refractivity contribution is 0.569. The maximum atomic E-state index is 6.19. The molecule has 1 aliphatic rings. The van der Waals surface area contributed by atoms with Crippen LogP contribution in [0.2, 0.25) is 0 Å². The molecule has 0 bridgehead atoms. The topological polar surface area (TPSA) is 43.8 Å². The Hall–Kier alpha value is -1.13. The molecule has 0 fully saturated rings. The van der Waals surface area contributed by atoms with Gasteiger partial charge < -0.3 is 10.3 Å². The molecule has 20 heavy (non-hydrogen) atoms. The van der Waals surface area contributed by atoms with Crippen molar-refractivity contribution in [3.63, 3.8) is 0 Å². The molecule has 4 heteroatoms. The van der Waals surface area contributed by atoms with E-state index in [1.165, 1.54) is 34.7 Å². The summed E-state index contributed by atoms with van der Waals surface area (Å²) in [5, 5.41) is 3.36. The summed E-state index contributed by atoms with van der Waals surface area (Å²) in [7, 11) is 0. The zero-order valence-corrected chi connectivity index (χ0v) is 13.3. The van der Waals surface area contributed by atoms with Crippen LogP contribution >= 0.6 is 11.3 Å². The smallest absolute Gasteiger partial charge is 0.113 e. The predicted molar refractivity (Wildman–Crippen MR) is 84.2 cm³/mol. The van der Waals surface area contributed by atoms with Crippen molar-refractivity contribution < 1.29 is 0 Å². The van der Waals surface area contributed by atoms with Crippen molar-refractivity contribution in [2.24, 2.45) is 5.73 Å². The van der Waals surface area contributed by atoms with Gasteiger partial charge in [-0.15, -0.1) is 11.3 Å². The summed E-state index contributed by atoms with van der Waals surface area (Å²) in [5.74, 6) is 0. The lowest BCUT2D eigenvalue weighted by atomic mass is 9.92. The first-order chi connectivity index (χ1) is 9.43. The highest BCUT2D eigenvalue weighted by molar-refractivity contribution is 7.09. The molecule has 1 unspecified atom stereocenters. The summed E-state index contributed by atoms with van der Waals surface area (Å²) >= 11 is 1.75. The van der Waals surface area contributed by atoms with Crippen molar-refractivity contribution >= 4 is 11.3 Å². The zero-order valence-electron chi connectivity index (χ0n) is 12.5. The average molecular weight is 289 g/mol. The van der Waals surface area contributed by atoms with E-state index in [2.05, 4.69) is 43.1 Å². The Balaban J connectivity index is 1.80. The normalized spacial score (nSPS) is 19.1. The number of rotatable bonds is 2. The van der Waals surface area contributed by atoms with Crippen LogP contribution in [0.5, 0.6) is 0 Å². The summed E-state index contributed by atoms with van der Waals surface area (Å²) in [6.07, 6.45) is 7.97. The third-order valence-corrected chi connectivity index (χ3v) is 4.83. The van der Waals surface area contributed by atoms with E-state index in [9.17, 15) is 0 Å². The van der Waals surface area contributed by atoms with Crippen LogP contribution in [0.25, 0.3) is 0 Å². The minimum atomic E-state index is 0.132. The van der Waals surface area contributed by atoms with Gasteiger partial charge in [-0.05, 0) is 30.4 Å². The van der Waals surface area contributed by atoms with Gasteiger partial charge in [-0.2, -0.15) is 0 Å². The van der Waals surface area contributed by atoms with Crippen LogP contribution in [-0.2, 0) is 18.4 Å². The number of aromatic nitrogens is 2. The van der Waals surface area contributed by atoms with Gasteiger partial charge in [-0.3, -0.25) is 0 Å². The molecule has 0 amide bonds. The molecule has 2 heterocycles. The SMILES string of the molecule is CC(C)(C)c1csc(Cn2cc3c(c2)C(N)CCC3)n1. The Morgan fingerprint density at radius 2 is 2.20 bits per heavy atom. The summed E-state index contributed by atoms with van der Waals surface area (Å²) in [6.45, 7) is 7.48. The van der Waals surface area contributed by atoms with Gasteiger partial charge >= 0.3 is 0 Å². The molecule has 1 aliphatic carbocycles. The van der Waals surface area contributed by atoms with E-state index in [1.54, 1.807) is 11.3 Å². The maximum Gasteiger partial charge on any atom is 0.113 e. The summed E-state index contributed by atoms with van der Waals surface area (Å²) in [4.78, 5) is 4.77. The number of aryl methyl sites for hydroxylation is 1. The van der Waals surface area contributed by atoms with E-state index in [1.807, 2.05) is 0 Å². The standard InChI is InChI=1S/C16H23N3S/c1-16(2,3)14-10-20-15(18-14)9-19-7-11-5-4-6-13(17)12(11)8-19/h7-8,10,13H,4-6,9,17H2,1-3H3. The van der Waals surface area contributed by atoms with Gasteiger partial charge in [0.05, 0.1) is 12.2 Å². The molecule has 0 spiro atoms. The Morgan fingerprint density at radius 3 is 2.85 bits per heavy atom. The fourth-order valence-corrected chi connectivity index (χ4v) is 3.79. The molecule has 1 atom stereocenters. The highest BCUT2D eigenvalue weighted by Crippen LogP contribution is 2.29. The average Bonchev–Trinajstić information content (AvgIpc) is 2.96. The minimum absolute atomic E-state index is 0.132. The van der Waals surface area contributed by atoms with E-state index in [4.69, 9.17) is 10.7 Å². The molecular formula is C16H23N3S. The van der Waals surface area contributed by atoms with E-state index in [-0.39, 0.29) is 11.5 Å². The molecule has 3 nitrogen and oxygen atoms in total. The van der Waals surface area contributed by atoms with Crippen molar-refractivity contribution in [1.29, 1.82) is 0 Å². The summed E-state index contributed by atoms with van der Waals surface area (Å²) in [6, 6.07) is 0.224. The fraction of sp³-hybridized carbons (Fsp3) is 0.562. The first-order valence-corrected chi connectivity index (χ1v) is 8.20. The number of nitrogens with two attached hydrogens (primary N) is 1. The Morgan fingerprint density at radius 1 is 1.40 bits per heavy atom. The third kappa shape index (κ3) is 2.67. The second-order valence-corrected chi connectivity index (χ2v) is 7.73. The lowest BCUT2D eigenvalue weighted by Gasteiger charge is -2.17. The summed E-state index contributed by atoms with van der Waals surface area (Å²) < 4.78 is 2.25. The second kappa shape index (κ2) is 5.01. The highest BCUT2D eigenvalue weighted by atomic mass is 32.1. The van der Waals surface area contributed by atoms with Crippen LogP contribution in [0.4, 0.5) is 0 Å². The van der Waals surface area contributed by atoms with Gasteiger partial charge in [0.25, 0.3) is 0 Å². The minimum Gasteiger partial charge on any atom is -0.347 e. The second-order valence-electron chi connectivity index (χ2n) is 6.79. The van der Waals surface area contributed by atoms with Crippen molar-refractivity contribution in [3.05, 3.63) is 39.6 Å². The first-order valence-electron chi connectivity index (χ1n) is 7.32. The van der Waals surface area contributed by atoms with Gasteiger partial charge in [0, 0.05) is 29.2 Å². The van der Waals surface area contributed by atoms with Crippen LogP contribution in [0, 0.1) is 0 Å². The van der Waals surface area contributed by atoms with E-state index in [0.29, 0.717) is 0 Å². The Bertz CT molecular complexity index is 604. The van der Waals surface area contributed by atoms with Crippen LogP contribution in [-0.4, -0.2) is 9.55 Å². The number of nitrogens with zero attached hydrogens (tertiary/aromatic N) is 2. The van der Waals surface area contributed by atoms with Crippen molar-refractivity contribution in [2.75, 3.05) is 0 Å². The van der Waals surface area contributed by atoms with Crippen LogP contribution < -0.4 is 5.73 Å². The van der Waals surface area contributed by atoms with Gasteiger partial charge in [0.2, 0.25) is 0 Å². The molecule has 108 valence electrons. The molecule has 0 aliphatic heterocycles. The van der Waals surface area contributed by atoms with Gasteiger partial charge in [0.15, 0.2) is 0 Å². The molecule has 2 aromatic rings. The van der Waals surface area contributed by atoms with Crippen LogP contribution in [0.3, 0.4) is 0 Å². The molecule has 3 rings (SSSR count). The van der Waals surface area contributed by atoms with Gasteiger partial charge in [0.1, 0.15) is 5.01 Å². The van der Waals surface area contributed by atoms with Crippen molar-refractivity contribution in [3.8, 4) is 0 Å². The van der Waals surface area contributed by atoms with E-state index in [0.717, 1.165) is 13.0 Å². The molecule has 2 N–H and O–H groups in total. The van der Waals surface area contributed by atoms with Crippen LogP contribution in [0.1, 0.15) is 61.5 Å². The monoisotopic (exact) mass is 289 g/mol. The Labute approximate surface area is 124 Å². The molecule has 0 aromatic carbocycles. The molecule has 2 aromatic heterocycles. The highest BCUT2D eigenvalue weighted by Gasteiger charge is 2.20. The largest absolute Gasteiger partial charge is 0.347 e. The molecule has 0 saturated carbocycles. The number of thiazole rings is 1. The van der Waals surface area contributed by atoms with Crippen LogP contribution in [0.15, 0.2) is 17.8 Å². The fourth-order valence-electron chi connectivity index (χ4n) is 2.76. The first kappa shape index (κ1) is 13.8. The number of hydrogen-bond donors (Lipinski definition) is 1. The zero-order chi connectivity index (χ0) is 14.3. The molecule has 0 radical (unpaired) electrons. The third-order valence-electron chi connectivity index (χ3n) is 4.00. The van der Waals surface area contributed by atoms with Crippen molar-refractivity contribution in [2.45, 2.75) is 58.0 Å². The molecular weight excluding hydrogens is 266 g/mol. The number of fused-ring (bicyclic) bond motifs is 1. The Kier molecular flexibility index (Phi) is 3.46. The lowest BCUT2D eigenvalue weighted by Crippen LogP contribution is -2.15. The van der Waals surface area contributed by atoms with E-state index < -0.39 is 0 Å². The number of hydrogen-bond acceptors (Lipinski definition) is 3. The maximum absolute atomic E-state index is 6.19. The van der Waals surface area contributed by atoms with E-state index >= 15 is 0 Å². The van der Waals surface area contributed by atoms with Gasteiger partial charge in [-0.1, -0.05) is 20.8 Å². The summed E-state index contributed by atoms with van der Waals surface area (Å²) in [5.41, 5.74) is 10.3. The molecule has 0 saturated heterocycles. The predicted octanol–water partition coefficient (Wildman–Crippen LogP) is 3.63.